The second kappa shape index (κ2) is 9.22. The Balaban J connectivity index is 1.36. The molecule has 2 N–H and O–H groups in total. The molecule has 0 aliphatic heterocycles. The summed E-state index contributed by atoms with van der Waals surface area (Å²) in [4.78, 5) is 12.1. The number of anilines is 3. The average Bonchev–Trinajstić information content (AvgIpc) is 3.13. The fraction of sp³-hybridized carbons (Fsp3) is 0.0833. The number of halogens is 1. The Labute approximate surface area is 184 Å². The van der Waals surface area contributed by atoms with Gasteiger partial charge in [-0.2, -0.15) is 5.10 Å². The van der Waals surface area contributed by atoms with Crippen molar-refractivity contribution in [2.75, 3.05) is 10.6 Å². The van der Waals surface area contributed by atoms with Gasteiger partial charge in [0, 0.05) is 28.7 Å². The van der Waals surface area contributed by atoms with Crippen LogP contribution in [-0.2, 0) is 4.79 Å². The molecule has 8 heteroatoms. The van der Waals surface area contributed by atoms with E-state index >= 15 is 0 Å². The molecule has 1 amide bonds. The lowest BCUT2D eigenvalue weighted by atomic mass is 10.2. The third-order valence-electron chi connectivity index (χ3n) is 4.62. The van der Waals surface area contributed by atoms with Crippen LogP contribution in [0.5, 0.6) is 0 Å². The van der Waals surface area contributed by atoms with Gasteiger partial charge in [0.25, 0.3) is 0 Å². The van der Waals surface area contributed by atoms with E-state index in [0.717, 1.165) is 17.1 Å². The smallest absolute Gasteiger partial charge is 0.248 e. The molecular formula is C24H21FN6O. The highest BCUT2D eigenvalue weighted by molar-refractivity contribution is 6.02. The predicted molar refractivity (Wildman–Crippen MR) is 122 cm³/mol. The number of benzene rings is 2. The van der Waals surface area contributed by atoms with Gasteiger partial charge in [-0.3, -0.25) is 4.79 Å². The molecule has 0 saturated heterocycles. The van der Waals surface area contributed by atoms with E-state index in [1.165, 1.54) is 18.2 Å². The molecule has 0 radical (unpaired) electrons. The van der Waals surface area contributed by atoms with E-state index in [9.17, 15) is 9.18 Å². The van der Waals surface area contributed by atoms with Crippen LogP contribution in [0, 0.1) is 19.7 Å². The Morgan fingerprint density at radius 1 is 0.969 bits per heavy atom. The first-order chi connectivity index (χ1) is 15.5. The molecule has 0 saturated carbocycles. The van der Waals surface area contributed by atoms with Crippen molar-refractivity contribution in [3.63, 3.8) is 0 Å². The van der Waals surface area contributed by atoms with E-state index in [2.05, 4.69) is 25.9 Å². The van der Waals surface area contributed by atoms with Crippen molar-refractivity contribution in [3.05, 3.63) is 95.6 Å². The normalized spacial score (nSPS) is 11.0. The van der Waals surface area contributed by atoms with Crippen LogP contribution in [0.15, 0.2) is 72.8 Å². The van der Waals surface area contributed by atoms with E-state index in [1.807, 2.05) is 44.2 Å². The molecule has 0 bridgehead atoms. The largest absolute Gasteiger partial charge is 0.339 e. The molecule has 0 unspecified atom stereocenters. The van der Waals surface area contributed by atoms with Gasteiger partial charge in [0.2, 0.25) is 5.91 Å². The summed E-state index contributed by atoms with van der Waals surface area (Å²) >= 11 is 0. The lowest BCUT2D eigenvalue weighted by Crippen LogP contribution is -2.07. The lowest BCUT2D eigenvalue weighted by Gasteiger charge is -2.08. The minimum absolute atomic E-state index is 0.348. The molecule has 160 valence electrons. The molecule has 4 aromatic rings. The van der Waals surface area contributed by atoms with E-state index in [1.54, 1.807) is 35.0 Å². The van der Waals surface area contributed by atoms with Gasteiger partial charge in [0.15, 0.2) is 11.6 Å². The van der Waals surface area contributed by atoms with E-state index in [-0.39, 0.29) is 11.7 Å². The molecular weight excluding hydrogens is 407 g/mol. The summed E-state index contributed by atoms with van der Waals surface area (Å²) in [5, 5.41) is 18.7. The summed E-state index contributed by atoms with van der Waals surface area (Å²) in [6, 6.07) is 19.0. The van der Waals surface area contributed by atoms with Crippen LogP contribution in [0.2, 0.25) is 0 Å². The van der Waals surface area contributed by atoms with Crippen LogP contribution in [-0.4, -0.2) is 25.9 Å². The zero-order valence-corrected chi connectivity index (χ0v) is 17.6. The summed E-state index contributed by atoms with van der Waals surface area (Å²) < 4.78 is 15.4. The number of hydrogen-bond acceptors (Lipinski definition) is 5. The van der Waals surface area contributed by atoms with Crippen molar-refractivity contribution in [2.24, 2.45) is 0 Å². The van der Waals surface area contributed by atoms with E-state index < -0.39 is 0 Å². The fourth-order valence-electron chi connectivity index (χ4n) is 3.11. The standard InChI is InChI=1S/C24H21FN6O/c1-16-15-17(2)31(30-16)23-13-12-22(28-29-23)26-19-8-10-20(11-9-19)27-24(32)14-7-18-5-3-4-6-21(18)25/h3-15H,1-2H3,(H,26,28)(H,27,32)/b14-7+. The second-order valence-electron chi connectivity index (χ2n) is 7.16. The van der Waals surface area contributed by atoms with Crippen molar-refractivity contribution in [2.45, 2.75) is 13.8 Å². The number of carbonyl (C=O) groups is 1. The van der Waals surface area contributed by atoms with Crippen molar-refractivity contribution in [3.8, 4) is 5.82 Å². The zero-order chi connectivity index (χ0) is 22.5. The number of carbonyl (C=O) groups excluding carboxylic acids is 1. The van der Waals surface area contributed by atoms with Gasteiger partial charge < -0.3 is 10.6 Å². The van der Waals surface area contributed by atoms with Gasteiger partial charge in [0.1, 0.15) is 5.82 Å². The number of aryl methyl sites for hydroxylation is 2. The van der Waals surface area contributed by atoms with Crippen LogP contribution < -0.4 is 10.6 Å². The van der Waals surface area contributed by atoms with Gasteiger partial charge in [-0.25, -0.2) is 9.07 Å². The van der Waals surface area contributed by atoms with Crippen molar-refractivity contribution in [1.29, 1.82) is 0 Å². The first-order valence-electron chi connectivity index (χ1n) is 9.96. The summed E-state index contributed by atoms with van der Waals surface area (Å²) in [5.41, 5.74) is 3.66. The SMILES string of the molecule is Cc1cc(C)n(-c2ccc(Nc3ccc(NC(=O)/C=C/c4ccccc4F)cc3)nn2)n1. The summed E-state index contributed by atoms with van der Waals surface area (Å²) in [5.74, 6) is 0.500. The summed E-state index contributed by atoms with van der Waals surface area (Å²) in [6.07, 6.45) is 2.74. The third kappa shape index (κ3) is 5.04. The Hall–Kier alpha value is -4.33. The number of aromatic nitrogens is 4. The molecule has 7 nitrogen and oxygen atoms in total. The highest BCUT2D eigenvalue weighted by Crippen LogP contribution is 2.18. The summed E-state index contributed by atoms with van der Waals surface area (Å²) in [6.45, 7) is 3.89. The van der Waals surface area contributed by atoms with Crippen LogP contribution in [0.25, 0.3) is 11.9 Å². The number of amides is 1. The maximum Gasteiger partial charge on any atom is 0.248 e. The molecule has 0 fully saturated rings. The highest BCUT2D eigenvalue weighted by atomic mass is 19.1. The molecule has 2 aromatic carbocycles. The molecule has 0 aliphatic rings. The monoisotopic (exact) mass is 428 g/mol. The number of hydrogen-bond donors (Lipinski definition) is 2. The van der Waals surface area contributed by atoms with Gasteiger partial charge in [0.05, 0.1) is 5.69 Å². The van der Waals surface area contributed by atoms with Crippen molar-refractivity contribution >= 4 is 29.2 Å². The molecule has 4 rings (SSSR count). The van der Waals surface area contributed by atoms with Crippen LogP contribution in [0.3, 0.4) is 0 Å². The Kier molecular flexibility index (Phi) is 6.03. The second-order valence-corrected chi connectivity index (χ2v) is 7.16. The van der Waals surface area contributed by atoms with Crippen molar-refractivity contribution < 1.29 is 9.18 Å². The van der Waals surface area contributed by atoms with Gasteiger partial charge >= 0.3 is 0 Å². The van der Waals surface area contributed by atoms with Gasteiger partial charge in [-0.15, -0.1) is 10.2 Å². The van der Waals surface area contributed by atoms with Crippen LogP contribution >= 0.6 is 0 Å². The molecule has 2 aromatic heterocycles. The van der Waals surface area contributed by atoms with E-state index in [0.29, 0.717) is 22.9 Å². The zero-order valence-electron chi connectivity index (χ0n) is 17.6. The Morgan fingerprint density at radius 2 is 1.72 bits per heavy atom. The molecule has 0 spiro atoms. The topological polar surface area (TPSA) is 84.7 Å². The van der Waals surface area contributed by atoms with Crippen molar-refractivity contribution in [1.82, 2.24) is 20.0 Å². The Bertz CT molecular complexity index is 1260. The fourth-order valence-corrected chi connectivity index (χ4v) is 3.11. The van der Waals surface area contributed by atoms with Crippen LogP contribution in [0.1, 0.15) is 17.0 Å². The molecule has 0 aliphatic carbocycles. The minimum atomic E-state index is -0.377. The molecule has 0 atom stereocenters. The number of nitrogens with one attached hydrogen (secondary N) is 2. The Morgan fingerprint density at radius 3 is 2.38 bits per heavy atom. The summed E-state index contributed by atoms with van der Waals surface area (Å²) in [7, 11) is 0. The first-order valence-corrected chi connectivity index (χ1v) is 9.96. The molecule has 2 heterocycles. The highest BCUT2D eigenvalue weighted by Gasteiger charge is 2.06. The number of rotatable bonds is 6. The lowest BCUT2D eigenvalue weighted by molar-refractivity contribution is -0.111. The maximum absolute atomic E-state index is 13.6. The quantitative estimate of drug-likeness (QED) is 0.431. The predicted octanol–water partition coefficient (Wildman–Crippen LogP) is 4.81. The first kappa shape index (κ1) is 20.9. The number of nitrogens with zero attached hydrogens (tertiary/aromatic N) is 4. The third-order valence-corrected chi connectivity index (χ3v) is 4.62. The maximum atomic E-state index is 13.6. The van der Waals surface area contributed by atoms with Gasteiger partial charge in [-0.05, 0) is 68.5 Å². The van der Waals surface area contributed by atoms with Gasteiger partial charge in [-0.1, -0.05) is 18.2 Å². The van der Waals surface area contributed by atoms with E-state index in [4.69, 9.17) is 0 Å². The minimum Gasteiger partial charge on any atom is -0.339 e. The molecule has 32 heavy (non-hydrogen) atoms. The average molecular weight is 428 g/mol. The van der Waals surface area contributed by atoms with Crippen LogP contribution in [0.4, 0.5) is 21.6 Å².